The normalized spacial score (nSPS) is 16.5. The number of aliphatic hydroxyl groups excluding tert-OH is 1. The van der Waals surface area contributed by atoms with Crippen molar-refractivity contribution in [3.63, 3.8) is 0 Å². The zero-order valence-electron chi connectivity index (χ0n) is 17.8. The number of thioether (sulfide) groups is 1. The zero-order chi connectivity index (χ0) is 22.5. The van der Waals surface area contributed by atoms with Gasteiger partial charge in [0.15, 0.2) is 0 Å². The molecule has 1 atom stereocenters. The van der Waals surface area contributed by atoms with Crippen molar-refractivity contribution in [1.29, 1.82) is 0 Å². The summed E-state index contributed by atoms with van der Waals surface area (Å²) in [5, 5.41) is 12.0. The fourth-order valence-electron chi connectivity index (χ4n) is 3.16. The lowest BCUT2D eigenvalue weighted by Gasteiger charge is -2.21. The first-order valence-corrected chi connectivity index (χ1v) is 11.3. The molecular weight excluding hydrogens is 436 g/mol. The van der Waals surface area contributed by atoms with Crippen LogP contribution in [0.2, 0.25) is 0 Å². The number of anilines is 1. The SMILES string of the molecule is CC[C@H](C)N1C(=O)/C(=C\c2c(NCCOCCO)nc3c(C)cccn3c2=O)SC1=S. The average molecular weight is 463 g/mol. The second kappa shape index (κ2) is 10.4. The highest BCUT2D eigenvalue weighted by molar-refractivity contribution is 8.26. The number of carbonyl (C=O) groups excluding carboxylic acids is 1. The minimum absolute atomic E-state index is 0.0156. The highest BCUT2D eigenvalue weighted by Crippen LogP contribution is 2.34. The third-order valence-electron chi connectivity index (χ3n) is 4.99. The third kappa shape index (κ3) is 4.98. The first kappa shape index (κ1) is 23.4. The topological polar surface area (TPSA) is 96.2 Å². The van der Waals surface area contributed by atoms with Gasteiger partial charge >= 0.3 is 0 Å². The van der Waals surface area contributed by atoms with Crippen LogP contribution in [0.3, 0.4) is 0 Å². The van der Waals surface area contributed by atoms with Gasteiger partial charge in [-0.15, -0.1) is 0 Å². The van der Waals surface area contributed by atoms with Crippen molar-refractivity contribution in [1.82, 2.24) is 14.3 Å². The molecule has 0 aromatic carbocycles. The molecule has 1 amide bonds. The number of pyridine rings is 1. The van der Waals surface area contributed by atoms with E-state index in [9.17, 15) is 9.59 Å². The van der Waals surface area contributed by atoms with E-state index in [1.807, 2.05) is 26.8 Å². The van der Waals surface area contributed by atoms with Gasteiger partial charge in [0.05, 0.1) is 30.3 Å². The van der Waals surface area contributed by atoms with E-state index in [4.69, 9.17) is 22.1 Å². The summed E-state index contributed by atoms with van der Waals surface area (Å²) in [6, 6.07) is 3.65. The number of aryl methyl sites for hydroxylation is 1. The molecule has 166 valence electrons. The van der Waals surface area contributed by atoms with Crippen LogP contribution in [0, 0.1) is 6.92 Å². The Morgan fingerprint density at radius 3 is 2.87 bits per heavy atom. The number of fused-ring (bicyclic) bond motifs is 1. The Morgan fingerprint density at radius 2 is 2.16 bits per heavy atom. The number of aliphatic hydroxyl groups is 1. The number of hydrogen-bond acceptors (Lipinski definition) is 8. The van der Waals surface area contributed by atoms with Crippen LogP contribution in [0.25, 0.3) is 11.7 Å². The minimum Gasteiger partial charge on any atom is -0.394 e. The molecule has 0 saturated carbocycles. The van der Waals surface area contributed by atoms with Gasteiger partial charge in [-0.3, -0.25) is 18.9 Å². The Hall–Kier alpha value is -2.27. The van der Waals surface area contributed by atoms with Crippen LogP contribution >= 0.6 is 24.0 Å². The summed E-state index contributed by atoms with van der Waals surface area (Å²) < 4.78 is 7.25. The van der Waals surface area contributed by atoms with Gasteiger partial charge in [-0.2, -0.15) is 0 Å². The first-order chi connectivity index (χ1) is 14.9. The number of carbonyl (C=O) groups is 1. The monoisotopic (exact) mass is 462 g/mol. The summed E-state index contributed by atoms with van der Waals surface area (Å²) in [5.74, 6) is 0.177. The smallest absolute Gasteiger partial charge is 0.267 e. The second-order valence-electron chi connectivity index (χ2n) is 7.14. The van der Waals surface area contributed by atoms with Gasteiger partial charge < -0.3 is 15.2 Å². The molecule has 10 heteroatoms. The van der Waals surface area contributed by atoms with Crippen LogP contribution in [-0.4, -0.2) is 62.0 Å². The number of amides is 1. The van der Waals surface area contributed by atoms with Crippen LogP contribution < -0.4 is 10.9 Å². The maximum atomic E-state index is 13.3. The molecule has 0 radical (unpaired) electrons. The molecule has 8 nitrogen and oxygen atoms in total. The number of ether oxygens (including phenoxy) is 1. The van der Waals surface area contributed by atoms with Crippen molar-refractivity contribution in [2.45, 2.75) is 33.2 Å². The van der Waals surface area contributed by atoms with E-state index in [-0.39, 0.29) is 36.3 Å². The van der Waals surface area contributed by atoms with Gasteiger partial charge in [-0.05, 0) is 38.0 Å². The summed E-state index contributed by atoms with van der Waals surface area (Å²) in [6.45, 7) is 6.73. The zero-order valence-corrected chi connectivity index (χ0v) is 19.4. The fourth-order valence-corrected chi connectivity index (χ4v) is 4.60. The molecule has 2 aromatic heterocycles. The Balaban J connectivity index is 2.03. The maximum Gasteiger partial charge on any atom is 0.267 e. The first-order valence-electron chi connectivity index (χ1n) is 10.1. The van der Waals surface area contributed by atoms with Crippen LogP contribution in [0.1, 0.15) is 31.4 Å². The van der Waals surface area contributed by atoms with Crippen molar-refractivity contribution in [3.05, 3.63) is 44.7 Å². The molecule has 0 aliphatic carbocycles. The Bertz CT molecular complexity index is 1080. The standard InChI is InChI=1S/C21H26N4O4S2/c1-4-14(3)25-20(28)16(31-21(25)30)12-15-17(22-7-10-29-11-9-26)23-18-13(2)6-5-8-24(18)19(15)27/h5-6,8,12,14,22,26H,4,7,9-11H2,1-3H3/b16-12+/t14-/m0/s1. The molecular formula is C21H26N4O4S2. The molecule has 2 aromatic rings. The molecule has 0 spiro atoms. The van der Waals surface area contributed by atoms with Gasteiger partial charge in [0, 0.05) is 18.8 Å². The van der Waals surface area contributed by atoms with Crippen molar-refractivity contribution in [2.24, 2.45) is 0 Å². The Kier molecular flexibility index (Phi) is 7.82. The molecule has 0 unspecified atom stereocenters. The summed E-state index contributed by atoms with van der Waals surface area (Å²) in [5.41, 5.74) is 1.40. The van der Waals surface area contributed by atoms with Crippen molar-refractivity contribution in [3.8, 4) is 0 Å². The van der Waals surface area contributed by atoms with E-state index in [0.29, 0.717) is 33.8 Å². The molecule has 1 fully saturated rings. The molecule has 1 aliphatic rings. The highest BCUT2D eigenvalue weighted by Gasteiger charge is 2.35. The number of thiocarbonyl (C=S) groups is 1. The van der Waals surface area contributed by atoms with Crippen LogP contribution in [-0.2, 0) is 9.53 Å². The molecule has 1 aliphatic heterocycles. The molecule has 1 saturated heterocycles. The van der Waals surface area contributed by atoms with E-state index in [1.165, 1.54) is 16.2 Å². The summed E-state index contributed by atoms with van der Waals surface area (Å²) in [7, 11) is 0. The second-order valence-corrected chi connectivity index (χ2v) is 8.81. The highest BCUT2D eigenvalue weighted by atomic mass is 32.2. The summed E-state index contributed by atoms with van der Waals surface area (Å²) in [6.07, 6.45) is 4.01. The van der Waals surface area contributed by atoms with Gasteiger partial charge in [-0.25, -0.2) is 4.98 Å². The summed E-state index contributed by atoms with van der Waals surface area (Å²) >= 11 is 6.59. The van der Waals surface area contributed by atoms with E-state index < -0.39 is 0 Å². The van der Waals surface area contributed by atoms with Gasteiger partial charge in [0.25, 0.3) is 11.5 Å². The lowest BCUT2D eigenvalue weighted by atomic mass is 10.2. The molecule has 3 rings (SSSR count). The van der Waals surface area contributed by atoms with E-state index >= 15 is 0 Å². The predicted molar refractivity (Wildman–Crippen MR) is 127 cm³/mol. The molecule has 2 N–H and O–H groups in total. The quantitative estimate of drug-likeness (QED) is 0.333. The molecule has 3 heterocycles. The van der Waals surface area contributed by atoms with Crippen molar-refractivity contribution < 1.29 is 14.6 Å². The van der Waals surface area contributed by atoms with Crippen molar-refractivity contribution >= 4 is 51.7 Å². The number of rotatable bonds is 9. The van der Waals surface area contributed by atoms with E-state index in [2.05, 4.69) is 10.3 Å². The fraction of sp³-hybridized carbons (Fsp3) is 0.429. The predicted octanol–water partition coefficient (Wildman–Crippen LogP) is 2.42. The van der Waals surface area contributed by atoms with Crippen LogP contribution in [0.4, 0.5) is 5.82 Å². The lowest BCUT2D eigenvalue weighted by molar-refractivity contribution is -0.123. The lowest BCUT2D eigenvalue weighted by Crippen LogP contribution is -2.36. The number of hydrogen-bond donors (Lipinski definition) is 2. The molecule has 0 bridgehead atoms. The number of nitrogens with zero attached hydrogens (tertiary/aromatic N) is 3. The van der Waals surface area contributed by atoms with Crippen LogP contribution in [0.5, 0.6) is 0 Å². The Labute approximate surface area is 190 Å². The van der Waals surface area contributed by atoms with Gasteiger partial charge in [0.1, 0.15) is 15.8 Å². The van der Waals surface area contributed by atoms with Crippen molar-refractivity contribution in [2.75, 3.05) is 31.7 Å². The minimum atomic E-state index is -0.277. The van der Waals surface area contributed by atoms with E-state index in [0.717, 1.165) is 12.0 Å². The summed E-state index contributed by atoms with van der Waals surface area (Å²) in [4.78, 5) is 32.9. The van der Waals surface area contributed by atoms with Crippen LogP contribution in [0.15, 0.2) is 28.0 Å². The third-order valence-corrected chi connectivity index (χ3v) is 6.32. The number of nitrogens with one attached hydrogen (secondary N) is 1. The average Bonchev–Trinajstić information content (AvgIpc) is 3.03. The van der Waals surface area contributed by atoms with E-state index in [1.54, 1.807) is 23.2 Å². The maximum absolute atomic E-state index is 13.3. The Morgan fingerprint density at radius 1 is 1.39 bits per heavy atom. The molecule has 31 heavy (non-hydrogen) atoms. The van der Waals surface area contributed by atoms with Gasteiger partial charge in [0.2, 0.25) is 0 Å². The largest absolute Gasteiger partial charge is 0.394 e. The number of aromatic nitrogens is 2. The van der Waals surface area contributed by atoms with Gasteiger partial charge in [-0.1, -0.05) is 37.0 Å².